The van der Waals surface area contributed by atoms with E-state index in [1.165, 1.54) is 13.2 Å². The first kappa shape index (κ1) is 33.5. The minimum Gasteiger partial charge on any atom is -0.494 e. The fraction of sp³-hybridized carbons (Fsp3) is 0.731. The lowest BCUT2D eigenvalue weighted by molar-refractivity contribution is -0.143. The van der Waals surface area contributed by atoms with Crippen LogP contribution in [0.3, 0.4) is 0 Å². The number of benzene rings is 1. The molecule has 0 bridgehead atoms. The maximum Gasteiger partial charge on any atom is 0.307 e. The Bertz CT molecular complexity index is 646. The molecule has 0 aromatic heterocycles. The van der Waals surface area contributed by atoms with Crippen molar-refractivity contribution in [1.82, 2.24) is 5.32 Å². The number of carbonyl (C=O) groups is 1. The zero-order valence-corrected chi connectivity index (χ0v) is 22.6. The third kappa shape index (κ3) is 15.7. The number of carbonyl (C=O) groups excluding carboxylic acids is 1. The summed E-state index contributed by atoms with van der Waals surface area (Å²) < 4.78 is 30.2. The van der Waals surface area contributed by atoms with Crippen molar-refractivity contribution in [3.8, 4) is 5.75 Å². The number of hydrogen-bond donors (Lipinski definition) is 2. The van der Waals surface area contributed by atoms with E-state index in [-0.39, 0.29) is 35.3 Å². The Labute approximate surface area is 201 Å². The molecule has 1 unspecified atom stereocenters. The molecule has 1 rings (SSSR count). The van der Waals surface area contributed by atoms with Gasteiger partial charge in [-0.2, -0.15) is 0 Å². The zero-order chi connectivity index (χ0) is 26.1. The molecule has 0 radical (unpaired) electrons. The average Bonchev–Trinajstić information content (AvgIpc) is 2.75. The molecule has 0 aliphatic carbocycles. The van der Waals surface area contributed by atoms with Gasteiger partial charge in [0.05, 0.1) is 25.7 Å². The molecule has 1 aromatic carbocycles. The summed E-state index contributed by atoms with van der Waals surface area (Å²) in [5, 5.41) is 3.34. The van der Waals surface area contributed by atoms with Crippen LogP contribution in [-0.2, 0) is 14.3 Å². The Kier molecular flexibility index (Phi) is 18.0. The Morgan fingerprint density at radius 2 is 1.73 bits per heavy atom. The van der Waals surface area contributed by atoms with Crippen LogP contribution >= 0.6 is 0 Å². The molecule has 1 aromatic rings. The van der Waals surface area contributed by atoms with Gasteiger partial charge in [-0.05, 0) is 71.7 Å². The summed E-state index contributed by atoms with van der Waals surface area (Å²) in [5.41, 5.74) is 6.05. The number of ether oxygens (including phenoxy) is 3. The predicted molar refractivity (Wildman–Crippen MR) is 135 cm³/mol. The predicted octanol–water partition coefficient (Wildman–Crippen LogP) is 5.78. The molecule has 1 atom stereocenters. The van der Waals surface area contributed by atoms with Crippen LogP contribution in [0.5, 0.6) is 5.75 Å². The van der Waals surface area contributed by atoms with Crippen LogP contribution in [0, 0.1) is 5.82 Å². The lowest BCUT2D eigenvalue weighted by Gasteiger charge is -2.29. The molecule has 6 nitrogen and oxygen atoms in total. The Hall–Kier alpha value is -1.70. The van der Waals surface area contributed by atoms with E-state index < -0.39 is 5.82 Å². The van der Waals surface area contributed by atoms with Crippen molar-refractivity contribution in [3.63, 3.8) is 0 Å². The van der Waals surface area contributed by atoms with Gasteiger partial charge in [0.1, 0.15) is 0 Å². The molecule has 0 amide bonds. The topological polar surface area (TPSA) is 82.8 Å². The van der Waals surface area contributed by atoms with Crippen LogP contribution in [-0.4, -0.2) is 44.0 Å². The Morgan fingerprint density at radius 1 is 1.12 bits per heavy atom. The molecule has 0 aliphatic rings. The number of halogens is 1. The van der Waals surface area contributed by atoms with Crippen molar-refractivity contribution in [2.75, 3.05) is 26.9 Å². The van der Waals surface area contributed by atoms with Crippen LogP contribution in [0.25, 0.3) is 0 Å². The fourth-order valence-corrected chi connectivity index (χ4v) is 2.80. The highest BCUT2D eigenvalue weighted by molar-refractivity contribution is 5.70. The molecule has 0 heterocycles. The summed E-state index contributed by atoms with van der Waals surface area (Å²) in [7, 11) is 1.42. The quantitative estimate of drug-likeness (QED) is 0.354. The Morgan fingerprint density at radius 3 is 2.21 bits per heavy atom. The first-order chi connectivity index (χ1) is 15.5. The van der Waals surface area contributed by atoms with E-state index in [1.54, 1.807) is 19.1 Å². The monoisotopic (exact) mass is 472 g/mol. The van der Waals surface area contributed by atoms with Crippen molar-refractivity contribution < 1.29 is 23.4 Å². The van der Waals surface area contributed by atoms with Gasteiger partial charge in [0.15, 0.2) is 11.6 Å². The second-order valence-electron chi connectivity index (χ2n) is 8.51. The molecule has 33 heavy (non-hydrogen) atoms. The third-order valence-corrected chi connectivity index (χ3v) is 4.61. The number of rotatable bonds is 13. The minimum atomic E-state index is -0.464. The number of nitrogens with one attached hydrogen (secondary N) is 1. The van der Waals surface area contributed by atoms with E-state index in [0.717, 1.165) is 12.8 Å². The molecular weight excluding hydrogens is 423 g/mol. The van der Waals surface area contributed by atoms with Crippen molar-refractivity contribution in [2.45, 2.75) is 98.8 Å². The van der Waals surface area contributed by atoms with Gasteiger partial charge in [0.2, 0.25) is 0 Å². The van der Waals surface area contributed by atoms with E-state index in [9.17, 15) is 9.18 Å². The first-order valence-corrected chi connectivity index (χ1v) is 12.1. The van der Waals surface area contributed by atoms with Crippen LogP contribution < -0.4 is 15.8 Å². The van der Waals surface area contributed by atoms with Crippen molar-refractivity contribution in [2.24, 2.45) is 5.73 Å². The summed E-state index contributed by atoms with van der Waals surface area (Å²) in [6.45, 7) is 19.2. The number of methoxy groups -OCH3 is 1. The van der Waals surface area contributed by atoms with E-state index >= 15 is 0 Å². The maximum atomic E-state index is 14.1. The van der Waals surface area contributed by atoms with Gasteiger partial charge in [0.25, 0.3) is 0 Å². The molecule has 194 valence electrons. The molecule has 0 saturated heterocycles. The van der Waals surface area contributed by atoms with Gasteiger partial charge < -0.3 is 25.3 Å². The standard InChI is InChI=1S/C22H37FN2O4.2C2H6/c1-7-28-20(26)15-18(16-8-9-19(27-6)17(23)14-16)25-12-10-22(4,5)29-13-11-21(2,3)24;2*1-2/h8-9,14,18,25H,7,10-13,15,24H2,1-6H3;2*1-2H3. The van der Waals surface area contributed by atoms with Gasteiger partial charge in [0, 0.05) is 18.2 Å². The largest absolute Gasteiger partial charge is 0.494 e. The number of hydrogen-bond acceptors (Lipinski definition) is 6. The van der Waals surface area contributed by atoms with Gasteiger partial charge >= 0.3 is 5.97 Å². The van der Waals surface area contributed by atoms with Gasteiger partial charge in [-0.25, -0.2) is 4.39 Å². The van der Waals surface area contributed by atoms with Crippen molar-refractivity contribution in [3.05, 3.63) is 29.6 Å². The van der Waals surface area contributed by atoms with Gasteiger partial charge in [-0.1, -0.05) is 33.8 Å². The molecule has 0 fully saturated rings. The summed E-state index contributed by atoms with van der Waals surface area (Å²) in [6, 6.07) is 4.34. The fourth-order valence-electron chi connectivity index (χ4n) is 2.80. The Balaban J connectivity index is 0. The number of esters is 1. The third-order valence-electron chi connectivity index (χ3n) is 4.61. The first-order valence-electron chi connectivity index (χ1n) is 12.1. The summed E-state index contributed by atoms with van der Waals surface area (Å²) in [4.78, 5) is 12.0. The maximum absolute atomic E-state index is 14.1. The lowest BCUT2D eigenvalue weighted by atomic mass is 10.0. The second-order valence-corrected chi connectivity index (χ2v) is 8.51. The smallest absolute Gasteiger partial charge is 0.307 e. The zero-order valence-electron chi connectivity index (χ0n) is 22.6. The van der Waals surface area contributed by atoms with Gasteiger partial charge in [-0.3, -0.25) is 4.79 Å². The SMILES string of the molecule is CC.CC.CCOC(=O)CC(NCCC(C)(C)OCCC(C)(C)N)c1ccc(OC)c(F)c1. The molecule has 0 spiro atoms. The van der Waals surface area contributed by atoms with E-state index in [4.69, 9.17) is 19.9 Å². The highest BCUT2D eigenvalue weighted by Gasteiger charge is 2.23. The summed E-state index contributed by atoms with van der Waals surface area (Å²) >= 11 is 0. The van der Waals surface area contributed by atoms with Crippen LogP contribution in [0.1, 0.15) is 93.2 Å². The molecule has 0 aliphatic heterocycles. The average molecular weight is 473 g/mol. The molecule has 7 heteroatoms. The second kappa shape index (κ2) is 17.7. The summed E-state index contributed by atoms with van der Waals surface area (Å²) in [5.74, 6) is -0.628. The van der Waals surface area contributed by atoms with Crippen molar-refractivity contribution >= 4 is 5.97 Å². The van der Waals surface area contributed by atoms with E-state index in [0.29, 0.717) is 25.3 Å². The normalized spacial score (nSPS) is 12.0. The molecular formula is C26H49FN2O4. The lowest BCUT2D eigenvalue weighted by Crippen LogP contribution is -2.37. The van der Waals surface area contributed by atoms with E-state index in [1.807, 2.05) is 55.4 Å². The minimum absolute atomic E-state index is 0.113. The van der Waals surface area contributed by atoms with Crippen LogP contribution in [0.2, 0.25) is 0 Å². The van der Waals surface area contributed by atoms with E-state index in [2.05, 4.69) is 5.32 Å². The number of nitrogens with two attached hydrogens (primary N) is 1. The van der Waals surface area contributed by atoms with Crippen LogP contribution in [0.15, 0.2) is 18.2 Å². The van der Waals surface area contributed by atoms with Crippen LogP contribution in [0.4, 0.5) is 4.39 Å². The molecule has 3 N–H and O–H groups in total. The van der Waals surface area contributed by atoms with Crippen molar-refractivity contribution in [1.29, 1.82) is 0 Å². The molecule has 0 saturated carbocycles. The summed E-state index contributed by atoms with van der Waals surface area (Å²) in [6.07, 6.45) is 1.60. The highest BCUT2D eigenvalue weighted by Crippen LogP contribution is 2.25. The van der Waals surface area contributed by atoms with Gasteiger partial charge in [-0.15, -0.1) is 0 Å². The highest BCUT2D eigenvalue weighted by atomic mass is 19.1.